The standard InChI is InChI=1S/C25H23FN6OS/c26-19-10-8-18(9-11-19)22-23(32-25(30-22)34-16-29-32)24(33)31-14-4-7-20(31)15-28-13-12-21(27)17-5-2-1-3-6-17/h1-3,5-6,8-13,16,20H,4,7,14-15,27H2/t20-/m0/s1. The molecule has 2 N–H and O–H groups in total. The summed E-state index contributed by atoms with van der Waals surface area (Å²) in [6.07, 6.45) is 5.24. The molecule has 7 nitrogen and oxygen atoms in total. The number of carbonyl (C=O) groups is 1. The lowest BCUT2D eigenvalue weighted by Gasteiger charge is -2.23. The first-order valence-electron chi connectivity index (χ1n) is 11.0. The largest absolute Gasteiger partial charge is 0.398 e. The number of hydrogen-bond donors (Lipinski definition) is 1. The van der Waals surface area contributed by atoms with Gasteiger partial charge in [0.2, 0.25) is 4.96 Å². The van der Waals surface area contributed by atoms with Crippen LogP contribution in [0.5, 0.6) is 0 Å². The van der Waals surface area contributed by atoms with Gasteiger partial charge in [-0.2, -0.15) is 9.61 Å². The Morgan fingerprint density at radius 1 is 1.21 bits per heavy atom. The van der Waals surface area contributed by atoms with Crippen LogP contribution in [0, 0.1) is 5.82 Å². The van der Waals surface area contributed by atoms with E-state index < -0.39 is 0 Å². The summed E-state index contributed by atoms with van der Waals surface area (Å²) in [6, 6.07) is 15.7. The van der Waals surface area contributed by atoms with Crippen LogP contribution < -0.4 is 5.73 Å². The quantitative estimate of drug-likeness (QED) is 0.423. The van der Waals surface area contributed by atoms with E-state index in [0.29, 0.717) is 40.7 Å². The first-order chi connectivity index (χ1) is 16.6. The van der Waals surface area contributed by atoms with Crippen LogP contribution in [-0.2, 0) is 0 Å². The predicted molar refractivity (Wildman–Crippen MR) is 132 cm³/mol. The van der Waals surface area contributed by atoms with Crippen LogP contribution in [-0.4, -0.2) is 50.8 Å². The maximum absolute atomic E-state index is 13.7. The van der Waals surface area contributed by atoms with Crippen LogP contribution in [0.1, 0.15) is 28.9 Å². The van der Waals surface area contributed by atoms with E-state index in [9.17, 15) is 9.18 Å². The van der Waals surface area contributed by atoms with Gasteiger partial charge in [0, 0.05) is 24.0 Å². The van der Waals surface area contributed by atoms with E-state index in [-0.39, 0.29) is 17.8 Å². The maximum atomic E-state index is 13.7. The fourth-order valence-electron chi connectivity index (χ4n) is 4.17. The number of fused-ring (bicyclic) bond motifs is 1. The second-order valence-corrected chi connectivity index (χ2v) is 8.86. The molecule has 1 amide bonds. The number of allylic oxidation sites excluding steroid dienone is 1. The number of nitrogens with two attached hydrogens (primary N) is 1. The van der Waals surface area contributed by atoms with Crippen LogP contribution >= 0.6 is 11.3 Å². The Morgan fingerprint density at radius 2 is 2.00 bits per heavy atom. The monoisotopic (exact) mass is 474 g/mol. The molecule has 1 saturated heterocycles. The second kappa shape index (κ2) is 9.56. The Bertz CT molecular complexity index is 1360. The van der Waals surface area contributed by atoms with Gasteiger partial charge in [-0.05, 0) is 48.7 Å². The van der Waals surface area contributed by atoms with Crippen LogP contribution in [0.15, 0.2) is 71.2 Å². The van der Waals surface area contributed by atoms with Crippen molar-refractivity contribution in [1.82, 2.24) is 19.5 Å². The first kappa shape index (κ1) is 22.0. The normalized spacial score (nSPS) is 16.7. The molecule has 34 heavy (non-hydrogen) atoms. The molecule has 0 unspecified atom stereocenters. The van der Waals surface area contributed by atoms with Crippen molar-refractivity contribution < 1.29 is 9.18 Å². The smallest absolute Gasteiger partial charge is 0.275 e. The molecule has 0 bridgehead atoms. The molecule has 1 aliphatic rings. The summed E-state index contributed by atoms with van der Waals surface area (Å²) in [5.41, 5.74) is 10.9. The highest BCUT2D eigenvalue weighted by atomic mass is 32.1. The zero-order valence-corrected chi connectivity index (χ0v) is 19.2. The molecule has 3 heterocycles. The van der Waals surface area contributed by atoms with E-state index in [4.69, 9.17) is 5.73 Å². The summed E-state index contributed by atoms with van der Waals surface area (Å²) >= 11 is 1.35. The number of nitrogens with zero attached hydrogens (tertiary/aromatic N) is 5. The SMILES string of the molecule is NC(=CC=NC[C@@H]1CCCN1C(=O)c1c(-c2ccc(F)cc2)nc2scnn12)c1ccccc1. The molecular formula is C25H23FN6OS. The number of benzene rings is 2. The maximum Gasteiger partial charge on any atom is 0.275 e. The molecule has 2 aromatic heterocycles. The van der Waals surface area contributed by atoms with Gasteiger partial charge in [-0.15, -0.1) is 0 Å². The van der Waals surface area contributed by atoms with Crippen molar-refractivity contribution >= 4 is 34.1 Å². The number of carbonyl (C=O) groups excluding carboxylic acids is 1. The van der Waals surface area contributed by atoms with Crippen LogP contribution in [0.2, 0.25) is 0 Å². The van der Waals surface area contributed by atoms with Crippen molar-refractivity contribution in [2.75, 3.05) is 13.1 Å². The van der Waals surface area contributed by atoms with Crippen molar-refractivity contribution in [3.63, 3.8) is 0 Å². The third kappa shape index (κ3) is 4.34. The average Bonchev–Trinajstić information content (AvgIpc) is 3.58. The Kier molecular flexibility index (Phi) is 6.18. The zero-order chi connectivity index (χ0) is 23.5. The second-order valence-electron chi connectivity index (χ2n) is 8.05. The fourth-order valence-corrected chi connectivity index (χ4v) is 4.78. The van der Waals surface area contributed by atoms with E-state index in [1.165, 1.54) is 23.5 Å². The minimum atomic E-state index is -0.338. The van der Waals surface area contributed by atoms with E-state index in [1.54, 1.807) is 34.4 Å². The van der Waals surface area contributed by atoms with E-state index >= 15 is 0 Å². The molecule has 1 fully saturated rings. The molecule has 4 aromatic rings. The number of aliphatic imine (C=N–C) groups is 1. The topological polar surface area (TPSA) is 88.9 Å². The summed E-state index contributed by atoms with van der Waals surface area (Å²) in [5, 5.41) is 4.32. The molecule has 5 rings (SSSR count). The zero-order valence-electron chi connectivity index (χ0n) is 18.3. The molecular weight excluding hydrogens is 451 g/mol. The van der Waals surface area contributed by atoms with Crippen molar-refractivity contribution in [3.05, 3.63) is 83.3 Å². The summed E-state index contributed by atoms with van der Waals surface area (Å²) in [5.74, 6) is -0.482. The highest BCUT2D eigenvalue weighted by molar-refractivity contribution is 7.14. The summed E-state index contributed by atoms with van der Waals surface area (Å²) in [4.78, 5) is 25.3. The fraction of sp³-hybridized carbons (Fsp3) is 0.200. The van der Waals surface area contributed by atoms with Gasteiger partial charge >= 0.3 is 0 Å². The summed E-state index contributed by atoms with van der Waals surface area (Å²) in [6.45, 7) is 1.12. The Hall–Kier alpha value is -3.85. The van der Waals surface area contributed by atoms with Crippen LogP contribution in [0.3, 0.4) is 0 Å². The number of hydrogen-bond acceptors (Lipinski definition) is 6. The third-order valence-electron chi connectivity index (χ3n) is 5.89. The highest BCUT2D eigenvalue weighted by Gasteiger charge is 2.33. The lowest BCUT2D eigenvalue weighted by molar-refractivity contribution is 0.0734. The lowest BCUT2D eigenvalue weighted by Crippen LogP contribution is -2.38. The Balaban J connectivity index is 1.37. The van der Waals surface area contributed by atoms with Gasteiger partial charge in [0.05, 0.1) is 12.6 Å². The highest BCUT2D eigenvalue weighted by Crippen LogP contribution is 2.29. The predicted octanol–water partition coefficient (Wildman–Crippen LogP) is 4.27. The summed E-state index contributed by atoms with van der Waals surface area (Å²) in [7, 11) is 0. The molecule has 9 heteroatoms. The van der Waals surface area contributed by atoms with Crippen molar-refractivity contribution in [1.29, 1.82) is 0 Å². The minimum Gasteiger partial charge on any atom is -0.398 e. The number of aromatic nitrogens is 3. The van der Waals surface area contributed by atoms with Gasteiger partial charge < -0.3 is 10.6 Å². The first-order valence-corrected chi connectivity index (χ1v) is 11.9. The van der Waals surface area contributed by atoms with Crippen LogP contribution in [0.4, 0.5) is 4.39 Å². The lowest BCUT2D eigenvalue weighted by atomic mass is 10.1. The van der Waals surface area contributed by atoms with E-state index in [2.05, 4.69) is 15.1 Å². The van der Waals surface area contributed by atoms with Crippen molar-refractivity contribution in [3.8, 4) is 11.3 Å². The number of amides is 1. The van der Waals surface area contributed by atoms with Gasteiger partial charge in [-0.1, -0.05) is 41.7 Å². The van der Waals surface area contributed by atoms with Crippen molar-refractivity contribution in [2.45, 2.75) is 18.9 Å². The molecule has 0 saturated carbocycles. The van der Waals surface area contributed by atoms with Crippen LogP contribution in [0.25, 0.3) is 21.9 Å². The molecule has 0 radical (unpaired) electrons. The van der Waals surface area contributed by atoms with E-state index in [0.717, 1.165) is 18.4 Å². The number of imidazole rings is 1. The average molecular weight is 475 g/mol. The van der Waals surface area contributed by atoms with Crippen molar-refractivity contribution in [2.24, 2.45) is 10.7 Å². The number of halogens is 1. The van der Waals surface area contributed by atoms with Gasteiger partial charge in [-0.3, -0.25) is 9.79 Å². The molecule has 172 valence electrons. The molecule has 0 aliphatic carbocycles. The third-order valence-corrected chi connectivity index (χ3v) is 6.56. The van der Waals surface area contributed by atoms with Gasteiger partial charge in [0.15, 0.2) is 5.69 Å². The van der Waals surface area contributed by atoms with Gasteiger partial charge in [0.1, 0.15) is 17.0 Å². The van der Waals surface area contributed by atoms with E-state index in [1.807, 2.05) is 35.2 Å². The Morgan fingerprint density at radius 3 is 2.79 bits per heavy atom. The van der Waals surface area contributed by atoms with Gasteiger partial charge in [0.25, 0.3) is 5.91 Å². The molecule has 1 atom stereocenters. The molecule has 0 spiro atoms. The van der Waals surface area contributed by atoms with Gasteiger partial charge in [-0.25, -0.2) is 9.37 Å². The Labute approximate surface area is 200 Å². The minimum absolute atomic E-state index is 0.0275. The summed E-state index contributed by atoms with van der Waals surface area (Å²) < 4.78 is 15.0. The molecule has 1 aliphatic heterocycles. The number of rotatable bonds is 6. The number of likely N-dealkylation sites (tertiary alicyclic amines) is 1. The molecule has 2 aromatic carbocycles.